The highest BCUT2D eigenvalue weighted by Crippen LogP contribution is 2.57. The average molecular weight is 678 g/mol. The third kappa shape index (κ3) is 4.38. The highest BCUT2D eigenvalue weighted by molar-refractivity contribution is 7.26. The highest BCUT2D eigenvalue weighted by Gasteiger charge is 2.43. The summed E-state index contributed by atoms with van der Waals surface area (Å²) in [5, 5.41) is 11.4. The molecule has 0 amide bonds. The molecule has 0 spiro atoms. The number of carbonyl (C=O) groups is 3. The first-order chi connectivity index (χ1) is 24.4. The summed E-state index contributed by atoms with van der Waals surface area (Å²) >= 11 is 1.57. The Hall–Kier alpha value is -5.73. The third-order valence-electron chi connectivity index (χ3n) is 10.5. The van der Waals surface area contributed by atoms with Gasteiger partial charge < -0.3 is 19.5 Å². The molecule has 7 nitrogen and oxygen atoms in total. The van der Waals surface area contributed by atoms with E-state index in [1.165, 1.54) is 47.0 Å². The fourth-order valence-corrected chi connectivity index (χ4v) is 9.65. The average Bonchev–Trinajstić information content (AvgIpc) is 3.89. The molecule has 0 bridgehead atoms. The van der Waals surface area contributed by atoms with Gasteiger partial charge in [-0.2, -0.15) is 0 Å². The zero-order valence-electron chi connectivity index (χ0n) is 27.4. The second-order valence-electron chi connectivity index (χ2n) is 13.1. The van der Waals surface area contributed by atoms with E-state index in [2.05, 4.69) is 59.5 Å². The number of fused-ring (bicyclic) bond motifs is 7. The summed E-state index contributed by atoms with van der Waals surface area (Å²) in [5.74, 6) is -0.269. The van der Waals surface area contributed by atoms with Crippen molar-refractivity contribution in [3.05, 3.63) is 124 Å². The largest absolute Gasteiger partial charge is 0.495 e. The van der Waals surface area contributed by atoms with E-state index < -0.39 is 17.5 Å². The van der Waals surface area contributed by atoms with Crippen molar-refractivity contribution < 1.29 is 29.0 Å². The standard InChI is InChI=1S/C42H31NO6S/c1-48-38-24(20-32-36(44)27-14-12-25(42(46)47)21-31(27)37(32)45)11-15-28-29-16-18-35(39(49-2)41(29)50-40(28)38)43-33-10-6-9-26(33)30-19-23(13-17-34(30)43)22-7-4-3-5-8-22/h3-5,7-8,11-21,26,33H,6,9-10H2,1-2H3,(H,46,47)/b32-20+. The molecule has 6 aromatic rings. The monoisotopic (exact) mass is 677 g/mol. The van der Waals surface area contributed by atoms with Crippen LogP contribution in [0.25, 0.3) is 37.4 Å². The second kappa shape index (κ2) is 11.4. The molecule has 2 unspecified atom stereocenters. The topological polar surface area (TPSA) is 93.1 Å². The zero-order valence-corrected chi connectivity index (χ0v) is 28.2. The Kier molecular flexibility index (Phi) is 6.93. The summed E-state index contributed by atoms with van der Waals surface area (Å²) in [4.78, 5) is 40.7. The second-order valence-corrected chi connectivity index (χ2v) is 14.1. The molecule has 9 rings (SSSR count). The van der Waals surface area contributed by atoms with Crippen LogP contribution in [-0.2, 0) is 0 Å². The first-order valence-corrected chi connectivity index (χ1v) is 17.5. The number of methoxy groups -OCH3 is 2. The number of hydrogen-bond donors (Lipinski definition) is 1. The van der Waals surface area contributed by atoms with Crippen LogP contribution in [0.3, 0.4) is 0 Å². The van der Waals surface area contributed by atoms with Gasteiger partial charge in [0.25, 0.3) is 0 Å². The Morgan fingerprint density at radius 3 is 2.26 bits per heavy atom. The molecule has 246 valence electrons. The van der Waals surface area contributed by atoms with E-state index in [1.54, 1.807) is 31.6 Å². The van der Waals surface area contributed by atoms with Gasteiger partial charge in [-0.1, -0.05) is 61.0 Å². The minimum Gasteiger partial charge on any atom is -0.495 e. The molecule has 2 atom stereocenters. The molecule has 2 aliphatic carbocycles. The number of benzene rings is 5. The number of ketones is 2. The molecule has 0 radical (unpaired) electrons. The number of thiophene rings is 1. The van der Waals surface area contributed by atoms with Gasteiger partial charge in [0.15, 0.2) is 17.3 Å². The first-order valence-electron chi connectivity index (χ1n) is 16.6. The molecule has 3 aliphatic rings. The predicted octanol–water partition coefficient (Wildman–Crippen LogP) is 9.69. The van der Waals surface area contributed by atoms with E-state index in [0.29, 0.717) is 23.3 Å². The summed E-state index contributed by atoms with van der Waals surface area (Å²) in [5.41, 5.74) is 6.95. The van der Waals surface area contributed by atoms with Crippen molar-refractivity contribution >= 4 is 66.5 Å². The number of ether oxygens (including phenoxy) is 2. The van der Waals surface area contributed by atoms with Crippen LogP contribution in [-0.4, -0.2) is 42.9 Å². The minimum absolute atomic E-state index is 0.0181. The fraction of sp³-hybridized carbons (Fsp3) is 0.167. The molecule has 1 N–H and O–H groups in total. The van der Waals surface area contributed by atoms with Gasteiger partial charge in [0, 0.05) is 45.1 Å². The van der Waals surface area contributed by atoms with Crippen LogP contribution >= 0.6 is 11.3 Å². The number of rotatable bonds is 6. The molecule has 2 heterocycles. The number of allylic oxidation sites excluding steroid dienone is 1. The van der Waals surface area contributed by atoms with Crippen LogP contribution in [0, 0.1) is 0 Å². The Morgan fingerprint density at radius 2 is 1.50 bits per heavy atom. The number of Topliss-reactive ketones (excluding diaryl/α,β-unsaturated/α-hetero) is 2. The minimum atomic E-state index is -1.16. The number of hydrogen-bond acceptors (Lipinski definition) is 7. The van der Waals surface area contributed by atoms with E-state index in [9.17, 15) is 19.5 Å². The lowest BCUT2D eigenvalue weighted by molar-refractivity contribution is 0.0696. The van der Waals surface area contributed by atoms with Gasteiger partial charge in [0.1, 0.15) is 5.75 Å². The molecule has 5 aromatic carbocycles. The van der Waals surface area contributed by atoms with E-state index >= 15 is 0 Å². The Bertz CT molecular complexity index is 2480. The number of carboxylic acid groups (broad SMARTS) is 1. The summed E-state index contributed by atoms with van der Waals surface area (Å²) in [6.07, 6.45) is 5.01. The van der Waals surface area contributed by atoms with Gasteiger partial charge in [0.05, 0.1) is 40.4 Å². The summed E-state index contributed by atoms with van der Waals surface area (Å²) in [7, 11) is 3.31. The fourth-order valence-electron chi connectivity index (χ4n) is 8.29. The van der Waals surface area contributed by atoms with Gasteiger partial charge >= 0.3 is 5.97 Å². The lowest BCUT2D eigenvalue weighted by atomic mass is 9.94. The lowest BCUT2D eigenvalue weighted by Gasteiger charge is -2.29. The molecular formula is C42H31NO6S. The van der Waals surface area contributed by atoms with Crippen molar-refractivity contribution in [3.63, 3.8) is 0 Å². The van der Waals surface area contributed by atoms with Gasteiger partial charge in [-0.25, -0.2) is 4.79 Å². The van der Waals surface area contributed by atoms with Crippen LogP contribution in [0.5, 0.6) is 11.5 Å². The van der Waals surface area contributed by atoms with Crippen LogP contribution in [0.15, 0.2) is 96.6 Å². The van der Waals surface area contributed by atoms with Gasteiger partial charge in [-0.05, 0) is 72.0 Å². The molecule has 1 fully saturated rings. The van der Waals surface area contributed by atoms with E-state index in [1.807, 2.05) is 18.2 Å². The van der Waals surface area contributed by atoms with Crippen LogP contribution in [0.1, 0.15) is 67.4 Å². The normalized spacial score (nSPS) is 18.6. The molecule has 1 aromatic heterocycles. The van der Waals surface area contributed by atoms with Crippen molar-refractivity contribution in [1.82, 2.24) is 0 Å². The van der Waals surface area contributed by atoms with Crippen molar-refractivity contribution in [3.8, 4) is 22.6 Å². The molecule has 1 aliphatic heterocycles. The van der Waals surface area contributed by atoms with Crippen LogP contribution in [0.2, 0.25) is 0 Å². The third-order valence-corrected chi connectivity index (χ3v) is 11.8. The molecule has 0 saturated heterocycles. The SMILES string of the molecule is COc1c(/C=C2\C(=O)c3ccc(C(=O)O)cc3C2=O)ccc2c1sc1c(OC)c(N3c4ccc(-c5ccccc5)cc4C4CCCC43)ccc12. The Labute approximate surface area is 292 Å². The molecule has 1 saturated carbocycles. The predicted molar refractivity (Wildman–Crippen MR) is 197 cm³/mol. The van der Waals surface area contributed by atoms with Crippen LogP contribution in [0.4, 0.5) is 11.4 Å². The summed E-state index contributed by atoms with van der Waals surface area (Å²) < 4.78 is 14.1. The molecule has 50 heavy (non-hydrogen) atoms. The van der Waals surface area contributed by atoms with Crippen molar-refractivity contribution in [2.75, 3.05) is 19.1 Å². The van der Waals surface area contributed by atoms with E-state index in [4.69, 9.17) is 9.47 Å². The van der Waals surface area contributed by atoms with E-state index in [-0.39, 0.29) is 22.3 Å². The lowest BCUT2D eigenvalue weighted by Crippen LogP contribution is -2.26. The smallest absolute Gasteiger partial charge is 0.335 e. The number of anilines is 2. The maximum absolute atomic E-state index is 13.4. The summed E-state index contributed by atoms with van der Waals surface area (Å²) in [6.45, 7) is 0. The highest BCUT2D eigenvalue weighted by atomic mass is 32.1. The number of nitrogens with zero attached hydrogens (tertiary/aromatic N) is 1. The van der Waals surface area contributed by atoms with Crippen molar-refractivity contribution in [1.29, 1.82) is 0 Å². The van der Waals surface area contributed by atoms with Gasteiger partial charge in [-0.3, -0.25) is 9.59 Å². The summed E-state index contributed by atoms with van der Waals surface area (Å²) in [6, 6.07) is 29.9. The number of carbonyl (C=O) groups excluding carboxylic acids is 2. The Morgan fingerprint density at radius 1 is 0.780 bits per heavy atom. The molecular weight excluding hydrogens is 647 g/mol. The number of aromatic carboxylic acids is 1. The zero-order chi connectivity index (χ0) is 34.3. The quantitative estimate of drug-likeness (QED) is 0.139. The first kappa shape index (κ1) is 30.3. The Balaban J connectivity index is 1.15. The van der Waals surface area contributed by atoms with E-state index in [0.717, 1.165) is 44.5 Å². The maximum Gasteiger partial charge on any atom is 0.335 e. The van der Waals surface area contributed by atoms with Crippen molar-refractivity contribution in [2.45, 2.75) is 31.2 Å². The number of carboxylic acids is 1. The maximum atomic E-state index is 13.4. The molecule has 8 heteroatoms. The van der Waals surface area contributed by atoms with Gasteiger partial charge in [0.2, 0.25) is 0 Å². The van der Waals surface area contributed by atoms with Crippen molar-refractivity contribution in [2.24, 2.45) is 0 Å². The van der Waals surface area contributed by atoms with Gasteiger partial charge in [-0.15, -0.1) is 11.3 Å². The van der Waals surface area contributed by atoms with Crippen LogP contribution < -0.4 is 14.4 Å².